The van der Waals surface area contributed by atoms with Gasteiger partial charge in [0.15, 0.2) is 0 Å². The van der Waals surface area contributed by atoms with Crippen LogP contribution in [0, 0.1) is 6.92 Å². The minimum Gasteiger partial charge on any atom is -0.267 e. The van der Waals surface area contributed by atoms with Gasteiger partial charge in [-0.1, -0.05) is 18.2 Å². The highest BCUT2D eigenvalue weighted by Gasteiger charge is 2.02. The van der Waals surface area contributed by atoms with Crippen molar-refractivity contribution in [1.82, 2.24) is 14.8 Å². The Morgan fingerprint density at radius 2 is 2.05 bits per heavy atom. The topological polar surface area (TPSA) is 50.7 Å². The van der Waals surface area contributed by atoms with Crippen LogP contribution in [0.3, 0.4) is 0 Å². The summed E-state index contributed by atoms with van der Waals surface area (Å²) in [6.45, 7) is 1.96. The van der Waals surface area contributed by atoms with Crippen LogP contribution in [-0.4, -0.2) is 14.8 Å². The second-order valence-electron chi connectivity index (χ2n) is 4.36. The van der Waals surface area contributed by atoms with Crippen LogP contribution in [0.2, 0.25) is 0 Å². The van der Waals surface area contributed by atoms with Gasteiger partial charge in [-0.25, -0.2) is 4.98 Å². The number of aryl methyl sites for hydroxylation is 1. The molecule has 1 N–H and O–H groups in total. The maximum absolute atomic E-state index is 11.9. The lowest BCUT2D eigenvalue weighted by atomic mass is 10.3. The summed E-state index contributed by atoms with van der Waals surface area (Å²) in [6, 6.07) is 9.68. The van der Waals surface area contributed by atoms with Gasteiger partial charge >= 0.3 is 0 Å². The van der Waals surface area contributed by atoms with Gasteiger partial charge < -0.3 is 0 Å². The van der Waals surface area contributed by atoms with E-state index in [0.717, 1.165) is 16.4 Å². The lowest BCUT2D eigenvalue weighted by Crippen LogP contribution is -2.04. The molecule has 100 valence electrons. The molecule has 3 aromatic rings. The lowest BCUT2D eigenvalue weighted by Gasteiger charge is -1.99. The molecule has 0 radical (unpaired) electrons. The molecule has 0 bridgehead atoms. The Hall–Kier alpha value is -2.40. The van der Waals surface area contributed by atoms with Crippen molar-refractivity contribution in [3.05, 3.63) is 68.5 Å². The number of para-hydroxylation sites is 1. The van der Waals surface area contributed by atoms with Crippen LogP contribution in [0.4, 0.5) is 0 Å². The molecule has 5 heteroatoms. The van der Waals surface area contributed by atoms with E-state index in [-0.39, 0.29) is 5.56 Å². The quantitative estimate of drug-likeness (QED) is 0.803. The van der Waals surface area contributed by atoms with Crippen molar-refractivity contribution in [2.75, 3.05) is 0 Å². The predicted molar refractivity (Wildman–Crippen MR) is 82.2 cm³/mol. The Morgan fingerprint density at radius 1 is 1.25 bits per heavy atom. The third-order valence-corrected chi connectivity index (χ3v) is 3.65. The van der Waals surface area contributed by atoms with E-state index in [4.69, 9.17) is 0 Å². The van der Waals surface area contributed by atoms with Gasteiger partial charge in [0, 0.05) is 11.6 Å². The van der Waals surface area contributed by atoms with Crippen LogP contribution in [0.25, 0.3) is 17.8 Å². The lowest BCUT2D eigenvalue weighted by molar-refractivity contribution is 0.864. The number of hydrogen-bond donors (Lipinski definition) is 1. The molecule has 4 nitrogen and oxygen atoms in total. The van der Waals surface area contributed by atoms with E-state index in [9.17, 15) is 4.79 Å². The molecule has 20 heavy (non-hydrogen) atoms. The summed E-state index contributed by atoms with van der Waals surface area (Å²) in [6.07, 6.45) is 5.42. The highest BCUT2D eigenvalue weighted by Crippen LogP contribution is 2.11. The average Bonchev–Trinajstić information content (AvgIpc) is 3.04. The summed E-state index contributed by atoms with van der Waals surface area (Å²) in [4.78, 5) is 16.2. The van der Waals surface area contributed by atoms with Gasteiger partial charge in [-0.2, -0.15) is 0 Å². The summed E-state index contributed by atoms with van der Waals surface area (Å²) in [5, 5.41) is 5.78. The summed E-state index contributed by atoms with van der Waals surface area (Å²) >= 11 is 1.59. The molecule has 3 rings (SSSR count). The number of hydrogen-bond acceptors (Lipinski definition) is 3. The molecule has 0 aliphatic rings. The van der Waals surface area contributed by atoms with Crippen molar-refractivity contribution in [3.8, 4) is 5.69 Å². The fraction of sp³-hybridized carbons (Fsp3) is 0.0667. The first-order valence-electron chi connectivity index (χ1n) is 6.20. The van der Waals surface area contributed by atoms with E-state index in [1.54, 1.807) is 28.3 Å². The molecule has 2 heterocycles. The smallest absolute Gasteiger partial charge is 0.267 e. The Kier molecular flexibility index (Phi) is 3.35. The molecule has 0 saturated carbocycles. The Morgan fingerprint density at radius 3 is 2.75 bits per heavy atom. The van der Waals surface area contributed by atoms with Gasteiger partial charge in [-0.3, -0.25) is 14.6 Å². The van der Waals surface area contributed by atoms with Gasteiger partial charge in [0.2, 0.25) is 0 Å². The van der Waals surface area contributed by atoms with Crippen LogP contribution in [-0.2, 0) is 0 Å². The van der Waals surface area contributed by atoms with Crippen molar-refractivity contribution in [1.29, 1.82) is 0 Å². The van der Waals surface area contributed by atoms with Crippen LogP contribution >= 0.6 is 11.3 Å². The number of aromatic amines is 1. The number of nitrogens with zero attached hydrogens (tertiary/aromatic N) is 2. The molecule has 0 atom stereocenters. The Bertz CT molecular complexity index is 796. The van der Waals surface area contributed by atoms with E-state index in [1.165, 1.54) is 0 Å². The first-order valence-corrected chi connectivity index (χ1v) is 7.07. The third kappa shape index (κ3) is 2.62. The molecule has 0 aliphatic carbocycles. The van der Waals surface area contributed by atoms with Crippen molar-refractivity contribution < 1.29 is 0 Å². The number of thiazole rings is 1. The van der Waals surface area contributed by atoms with E-state index in [1.807, 2.05) is 48.7 Å². The number of benzene rings is 1. The zero-order chi connectivity index (χ0) is 13.9. The van der Waals surface area contributed by atoms with Gasteiger partial charge in [0.25, 0.3) is 5.56 Å². The SMILES string of the molecule is Cc1nc(/C=C/c2cn(-c3ccccc3)[nH]c2=O)cs1. The second-order valence-corrected chi connectivity index (χ2v) is 5.42. The first kappa shape index (κ1) is 12.6. The van der Waals surface area contributed by atoms with Crippen LogP contribution < -0.4 is 5.56 Å². The first-order chi connectivity index (χ1) is 9.72. The molecule has 0 unspecified atom stereocenters. The average molecular weight is 283 g/mol. The van der Waals surface area contributed by atoms with Gasteiger partial charge in [0.05, 0.1) is 22.0 Å². The van der Waals surface area contributed by atoms with Gasteiger partial charge in [0.1, 0.15) is 0 Å². The third-order valence-electron chi connectivity index (χ3n) is 2.86. The molecule has 2 aromatic heterocycles. The van der Waals surface area contributed by atoms with E-state index in [2.05, 4.69) is 10.1 Å². The predicted octanol–water partition coefficient (Wildman–Crippen LogP) is 3.10. The van der Waals surface area contributed by atoms with E-state index < -0.39 is 0 Å². The molecule has 0 amide bonds. The van der Waals surface area contributed by atoms with Crippen LogP contribution in [0.5, 0.6) is 0 Å². The normalized spacial score (nSPS) is 11.2. The minimum absolute atomic E-state index is 0.114. The maximum Gasteiger partial charge on any atom is 0.271 e. The zero-order valence-electron chi connectivity index (χ0n) is 10.9. The number of H-pyrrole nitrogens is 1. The monoisotopic (exact) mass is 283 g/mol. The Labute approximate surface area is 120 Å². The molecule has 1 aromatic carbocycles. The number of rotatable bonds is 3. The zero-order valence-corrected chi connectivity index (χ0v) is 11.7. The highest BCUT2D eigenvalue weighted by molar-refractivity contribution is 7.09. The van der Waals surface area contributed by atoms with Crippen molar-refractivity contribution in [2.24, 2.45) is 0 Å². The van der Waals surface area contributed by atoms with E-state index >= 15 is 0 Å². The summed E-state index contributed by atoms with van der Waals surface area (Å²) < 4.78 is 1.72. The molecule has 0 fully saturated rings. The van der Waals surface area contributed by atoms with Crippen molar-refractivity contribution >= 4 is 23.5 Å². The van der Waals surface area contributed by atoms with Crippen molar-refractivity contribution in [3.63, 3.8) is 0 Å². The molecule has 0 saturated heterocycles. The second kappa shape index (κ2) is 5.30. The minimum atomic E-state index is -0.114. The number of aromatic nitrogens is 3. The fourth-order valence-corrected chi connectivity index (χ4v) is 2.46. The largest absolute Gasteiger partial charge is 0.271 e. The highest BCUT2D eigenvalue weighted by atomic mass is 32.1. The molecule has 0 spiro atoms. The molecular weight excluding hydrogens is 270 g/mol. The summed E-state index contributed by atoms with van der Waals surface area (Å²) in [5.41, 5.74) is 2.30. The molecular formula is C15H13N3OS. The summed E-state index contributed by atoms with van der Waals surface area (Å²) in [5.74, 6) is 0. The number of nitrogens with one attached hydrogen (secondary N) is 1. The van der Waals surface area contributed by atoms with Gasteiger partial charge in [-0.05, 0) is 31.2 Å². The van der Waals surface area contributed by atoms with E-state index in [0.29, 0.717) is 5.56 Å². The maximum atomic E-state index is 11.9. The molecule has 0 aliphatic heterocycles. The van der Waals surface area contributed by atoms with Crippen LogP contribution in [0.15, 0.2) is 46.7 Å². The summed E-state index contributed by atoms with van der Waals surface area (Å²) in [7, 11) is 0. The van der Waals surface area contributed by atoms with Crippen molar-refractivity contribution in [2.45, 2.75) is 6.92 Å². The van der Waals surface area contributed by atoms with Gasteiger partial charge in [-0.15, -0.1) is 11.3 Å². The van der Waals surface area contributed by atoms with Crippen LogP contribution in [0.1, 0.15) is 16.3 Å². The Balaban J connectivity index is 1.90. The standard InChI is InChI=1S/C15H13N3OS/c1-11-16-13(10-20-11)8-7-12-9-18(17-15(12)19)14-5-3-2-4-6-14/h2-10H,1H3,(H,17,19)/b8-7+. The fourth-order valence-electron chi connectivity index (χ4n) is 1.88.